The number of benzene rings is 2. The highest BCUT2D eigenvalue weighted by Crippen LogP contribution is 2.33. The van der Waals surface area contributed by atoms with E-state index < -0.39 is 16.6 Å². The first-order valence-corrected chi connectivity index (χ1v) is 8.48. The van der Waals surface area contributed by atoms with Gasteiger partial charge in [0.15, 0.2) is 0 Å². The van der Waals surface area contributed by atoms with E-state index in [-0.39, 0.29) is 5.69 Å². The van der Waals surface area contributed by atoms with E-state index in [0.29, 0.717) is 10.6 Å². The fourth-order valence-corrected chi connectivity index (χ4v) is 2.89. The van der Waals surface area contributed by atoms with Gasteiger partial charge in [-0.05, 0) is 45.9 Å². The third kappa shape index (κ3) is 6.11. The van der Waals surface area contributed by atoms with Gasteiger partial charge in [0.05, 0.1) is 10.6 Å². The molecule has 2 rings (SSSR count). The predicted octanol–water partition coefficient (Wildman–Crippen LogP) is 5.40. The lowest BCUT2D eigenvalue weighted by atomic mass is 10.2. The topological polar surface area (TPSA) is 81.5 Å². The van der Waals surface area contributed by atoms with Gasteiger partial charge in [0.25, 0.3) is 5.69 Å². The fraction of sp³-hybridized carbons (Fsp3) is 0.278. The van der Waals surface area contributed by atoms with E-state index >= 15 is 0 Å². The van der Waals surface area contributed by atoms with Crippen LogP contribution >= 0.6 is 11.8 Å². The highest BCUT2D eigenvalue weighted by atomic mass is 32.2. The average molecular weight is 360 g/mol. The Labute approximate surface area is 150 Å². The molecule has 6 nitrogen and oxygen atoms in total. The molecule has 0 radical (unpaired) electrons. The number of non-ortho nitro benzene ring substituents is 1. The average Bonchev–Trinajstić information content (AvgIpc) is 2.47. The number of hydrogen-bond donors (Lipinski definition) is 1. The summed E-state index contributed by atoms with van der Waals surface area (Å²) in [7, 11) is 0. The molecule has 2 aromatic rings. The van der Waals surface area contributed by atoms with Gasteiger partial charge in [0.1, 0.15) is 5.60 Å². The summed E-state index contributed by atoms with van der Waals surface area (Å²) in [5.74, 6) is 0. The summed E-state index contributed by atoms with van der Waals surface area (Å²) in [4.78, 5) is 24.2. The molecule has 25 heavy (non-hydrogen) atoms. The van der Waals surface area contributed by atoms with Crippen LogP contribution in [0.2, 0.25) is 0 Å². The lowest BCUT2D eigenvalue weighted by Gasteiger charge is -2.19. The number of amides is 1. The summed E-state index contributed by atoms with van der Waals surface area (Å²) in [5, 5.41) is 13.7. The van der Waals surface area contributed by atoms with Crippen molar-refractivity contribution in [3.05, 3.63) is 58.1 Å². The molecule has 0 aliphatic heterocycles. The highest BCUT2D eigenvalue weighted by Gasteiger charge is 2.18. The molecule has 0 heterocycles. The molecule has 0 aliphatic rings. The zero-order valence-corrected chi connectivity index (χ0v) is 15.3. The summed E-state index contributed by atoms with van der Waals surface area (Å²) in [6.07, 6.45) is -0.653. The van der Waals surface area contributed by atoms with Gasteiger partial charge in [-0.3, -0.25) is 15.4 Å². The zero-order valence-electron chi connectivity index (χ0n) is 14.5. The van der Waals surface area contributed by atoms with Gasteiger partial charge in [0.2, 0.25) is 0 Å². The molecule has 0 fully saturated rings. The second-order valence-corrected chi connectivity index (χ2v) is 7.66. The van der Waals surface area contributed by atoms with Crippen LogP contribution in [0.4, 0.5) is 16.2 Å². The maximum Gasteiger partial charge on any atom is 0.412 e. The van der Waals surface area contributed by atoms with Crippen LogP contribution in [-0.4, -0.2) is 16.6 Å². The number of ether oxygens (including phenoxy) is 1. The molecule has 0 unspecified atom stereocenters. The SMILES string of the molecule is Cc1ccc(Sc2cc(NC(=O)OC(C)(C)C)cc([N+](=O)[O-])c2)cc1. The first kappa shape index (κ1) is 18.8. The van der Waals surface area contributed by atoms with Gasteiger partial charge >= 0.3 is 6.09 Å². The van der Waals surface area contributed by atoms with Crippen molar-refractivity contribution < 1.29 is 14.5 Å². The summed E-state index contributed by atoms with van der Waals surface area (Å²) < 4.78 is 5.19. The number of nitro benzene ring substituents is 1. The lowest BCUT2D eigenvalue weighted by Crippen LogP contribution is -2.27. The van der Waals surface area contributed by atoms with Gasteiger partial charge in [-0.25, -0.2) is 4.79 Å². The van der Waals surface area contributed by atoms with Crippen molar-refractivity contribution in [3.63, 3.8) is 0 Å². The van der Waals surface area contributed by atoms with Crippen molar-refractivity contribution in [1.29, 1.82) is 0 Å². The van der Waals surface area contributed by atoms with Crippen LogP contribution in [0.3, 0.4) is 0 Å². The van der Waals surface area contributed by atoms with Crippen LogP contribution < -0.4 is 5.32 Å². The maximum absolute atomic E-state index is 11.9. The molecular formula is C18H20N2O4S. The molecule has 0 aliphatic carbocycles. The molecule has 0 aromatic heterocycles. The Kier molecular flexibility index (Phi) is 5.69. The largest absolute Gasteiger partial charge is 0.444 e. The quantitative estimate of drug-likeness (QED) is 0.583. The standard InChI is InChI=1S/C18H20N2O4S/c1-12-5-7-15(8-6-12)25-16-10-13(9-14(11-16)20(22)23)19-17(21)24-18(2,3)4/h5-11H,1-4H3,(H,19,21). The predicted molar refractivity (Wildman–Crippen MR) is 98.3 cm³/mol. The summed E-state index contributed by atoms with van der Waals surface area (Å²) >= 11 is 1.39. The number of rotatable bonds is 4. The van der Waals surface area contributed by atoms with E-state index in [1.54, 1.807) is 26.8 Å². The number of nitro groups is 1. The Morgan fingerprint density at radius 2 is 1.76 bits per heavy atom. The van der Waals surface area contributed by atoms with Crippen LogP contribution in [0.25, 0.3) is 0 Å². The minimum absolute atomic E-state index is 0.0943. The molecule has 132 valence electrons. The van der Waals surface area contributed by atoms with Crippen molar-refractivity contribution in [1.82, 2.24) is 0 Å². The summed E-state index contributed by atoms with van der Waals surface area (Å²) in [6, 6.07) is 12.3. The Morgan fingerprint density at radius 3 is 2.32 bits per heavy atom. The number of anilines is 1. The number of carbonyl (C=O) groups excluding carboxylic acids is 1. The number of hydrogen-bond acceptors (Lipinski definition) is 5. The highest BCUT2D eigenvalue weighted by molar-refractivity contribution is 7.99. The molecule has 0 bridgehead atoms. The first-order valence-electron chi connectivity index (χ1n) is 7.66. The number of nitrogens with zero attached hydrogens (tertiary/aromatic N) is 1. The molecule has 7 heteroatoms. The molecule has 0 saturated carbocycles. The summed E-state index contributed by atoms with van der Waals surface area (Å²) in [6.45, 7) is 7.24. The maximum atomic E-state index is 11.9. The molecule has 1 amide bonds. The smallest absolute Gasteiger partial charge is 0.412 e. The second-order valence-electron chi connectivity index (χ2n) is 6.51. The molecular weight excluding hydrogens is 340 g/mol. The molecule has 0 atom stereocenters. The van der Waals surface area contributed by atoms with E-state index in [4.69, 9.17) is 4.74 Å². The third-order valence-electron chi connectivity index (χ3n) is 3.00. The minimum atomic E-state index is -0.653. The van der Waals surface area contributed by atoms with E-state index in [0.717, 1.165) is 10.5 Å². The Hall–Kier alpha value is -2.54. The van der Waals surface area contributed by atoms with Gasteiger partial charge in [0, 0.05) is 21.9 Å². The molecule has 2 aromatic carbocycles. The van der Waals surface area contributed by atoms with Gasteiger partial charge in [-0.1, -0.05) is 29.5 Å². The van der Waals surface area contributed by atoms with Gasteiger partial charge < -0.3 is 4.74 Å². The van der Waals surface area contributed by atoms with Gasteiger partial charge in [-0.2, -0.15) is 0 Å². The molecule has 0 saturated heterocycles. The van der Waals surface area contributed by atoms with Crippen LogP contribution in [0.5, 0.6) is 0 Å². The minimum Gasteiger partial charge on any atom is -0.444 e. The summed E-state index contributed by atoms with van der Waals surface area (Å²) in [5.41, 5.74) is 0.710. The van der Waals surface area contributed by atoms with E-state index in [2.05, 4.69) is 5.32 Å². The van der Waals surface area contributed by atoms with Crippen molar-refractivity contribution in [3.8, 4) is 0 Å². The van der Waals surface area contributed by atoms with Crippen LogP contribution in [0, 0.1) is 17.0 Å². The second kappa shape index (κ2) is 7.57. The van der Waals surface area contributed by atoms with Crippen LogP contribution in [0.15, 0.2) is 52.3 Å². The van der Waals surface area contributed by atoms with Gasteiger partial charge in [-0.15, -0.1) is 0 Å². The van der Waals surface area contributed by atoms with E-state index in [9.17, 15) is 14.9 Å². The Morgan fingerprint density at radius 1 is 1.12 bits per heavy atom. The molecule has 0 spiro atoms. The number of carbonyl (C=O) groups is 1. The Balaban J connectivity index is 2.25. The first-order chi connectivity index (χ1) is 11.6. The van der Waals surface area contributed by atoms with Crippen molar-refractivity contribution >= 4 is 29.2 Å². The fourth-order valence-electron chi connectivity index (χ4n) is 1.98. The van der Waals surface area contributed by atoms with Crippen molar-refractivity contribution in [2.75, 3.05) is 5.32 Å². The number of aryl methyl sites for hydroxylation is 1. The van der Waals surface area contributed by atoms with Crippen LogP contribution in [-0.2, 0) is 4.74 Å². The molecule has 1 N–H and O–H groups in total. The van der Waals surface area contributed by atoms with E-state index in [1.807, 2.05) is 31.2 Å². The Bertz CT molecular complexity index is 783. The van der Waals surface area contributed by atoms with Crippen LogP contribution in [0.1, 0.15) is 26.3 Å². The number of nitrogens with one attached hydrogen (secondary N) is 1. The lowest BCUT2D eigenvalue weighted by molar-refractivity contribution is -0.385. The monoisotopic (exact) mass is 360 g/mol. The zero-order chi connectivity index (χ0) is 18.6. The normalized spacial score (nSPS) is 11.0. The van der Waals surface area contributed by atoms with E-state index in [1.165, 1.54) is 23.9 Å². The van der Waals surface area contributed by atoms with Crippen molar-refractivity contribution in [2.24, 2.45) is 0 Å². The third-order valence-corrected chi connectivity index (χ3v) is 3.98. The van der Waals surface area contributed by atoms with Crippen molar-refractivity contribution in [2.45, 2.75) is 43.1 Å².